The zero-order chi connectivity index (χ0) is 19.6. The fraction of sp³-hybridized carbons (Fsp3) is 0.476. The number of nitrogens with zero attached hydrogens (tertiary/aromatic N) is 1. The number of rotatable bonds is 4. The second-order valence-electron chi connectivity index (χ2n) is 8.34. The van der Waals surface area contributed by atoms with E-state index in [2.05, 4.69) is 15.3 Å². The summed E-state index contributed by atoms with van der Waals surface area (Å²) in [4.78, 5) is 31.1. The predicted octanol–water partition coefficient (Wildman–Crippen LogP) is 3.35. The molecule has 1 aromatic heterocycles. The van der Waals surface area contributed by atoms with E-state index < -0.39 is 5.69 Å². The Kier molecular flexibility index (Phi) is 5.44. The van der Waals surface area contributed by atoms with Gasteiger partial charge in [-0.25, -0.2) is 9.18 Å². The molecule has 2 N–H and O–H groups in total. The molecule has 0 unspecified atom stereocenters. The van der Waals surface area contributed by atoms with Crippen LogP contribution in [0.4, 0.5) is 4.39 Å². The van der Waals surface area contributed by atoms with Gasteiger partial charge >= 0.3 is 5.69 Å². The highest BCUT2D eigenvalue weighted by atomic mass is 19.1. The first kappa shape index (κ1) is 19.3. The van der Waals surface area contributed by atoms with Crippen LogP contribution in [0.15, 0.2) is 35.1 Å². The molecule has 1 aromatic carbocycles. The van der Waals surface area contributed by atoms with Crippen molar-refractivity contribution in [3.05, 3.63) is 63.6 Å². The number of nitrogens with one attached hydrogen (secondary N) is 2. The maximum absolute atomic E-state index is 13.1. The number of H-pyrrole nitrogens is 1. The summed E-state index contributed by atoms with van der Waals surface area (Å²) in [6, 6.07) is 8.20. The van der Waals surface area contributed by atoms with Gasteiger partial charge in [-0.15, -0.1) is 0 Å². The molecule has 0 saturated heterocycles. The lowest BCUT2D eigenvalue weighted by atomic mass is 9.91. The second-order valence-corrected chi connectivity index (χ2v) is 8.34. The van der Waals surface area contributed by atoms with E-state index in [4.69, 9.17) is 0 Å². The highest BCUT2D eigenvalue weighted by Gasteiger charge is 2.29. The van der Waals surface area contributed by atoms with Gasteiger partial charge in [-0.1, -0.05) is 39.3 Å². The molecule has 1 aliphatic rings. The normalized spacial score (nSPS) is 19.9. The lowest BCUT2D eigenvalue weighted by Gasteiger charge is -2.22. The molecule has 0 bridgehead atoms. The van der Waals surface area contributed by atoms with Crippen molar-refractivity contribution in [1.82, 2.24) is 15.3 Å². The number of hydrogen-bond acceptors (Lipinski definition) is 3. The molecule has 2 aromatic rings. The molecule has 1 amide bonds. The number of carbonyl (C=O) groups excluding carboxylic acids is 1. The van der Waals surface area contributed by atoms with Gasteiger partial charge in [-0.2, -0.15) is 4.98 Å². The zero-order valence-electron chi connectivity index (χ0n) is 16.0. The third-order valence-corrected chi connectivity index (χ3v) is 5.17. The number of hydrogen-bond donors (Lipinski definition) is 2. The van der Waals surface area contributed by atoms with Crippen molar-refractivity contribution in [1.29, 1.82) is 0 Å². The Balaban J connectivity index is 1.72. The first-order chi connectivity index (χ1) is 12.7. The highest BCUT2D eigenvalue weighted by Crippen LogP contribution is 2.29. The van der Waals surface area contributed by atoms with Gasteiger partial charge in [-0.3, -0.25) is 4.79 Å². The molecule has 2 atom stereocenters. The molecule has 0 aliphatic heterocycles. The van der Waals surface area contributed by atoms with Gasteiger partial charge in [0, 0.05) is 17.2 Å². The molecule has 1 saturated carbocycles. The van der Waals surface area contributed by atoms with Gasteiger partial charge < -0.3 is 10.3 Å². The van der Waals surface area contributed by atoms with Crippen molar-refractivity contribution >= 4 is 5.91 Å². The minimum atomic E-state index is -0.512. The summed E-state index contributed by atoms with van der Waals surface area (Å²) in [5, 5.41) is 3.05. The minimum Gasteiger partial charge on any atom is -0.348 e. The third-order valence-electron chi connectivity index (χ3n) is 5.17. The zero-order valence-corrected chi connectivity index (χ0v) is 16.0. The first-order valence-corrected chi connectivity index (χ1v) is 9.39. The van der Waals surface area contributed by atoms with E-state index in [1.807, 2.05) is 20.8 Å². The standard InChI is InChI=1S/C21H26FN3O2/c1-21(2,3)18-12-17(24-20(27)25-18)19(26)23-16-6-4-5-14(16)11-13-7-9-15(22)10-8-13/h7-10,12,14,16H,4-6,11H2,1-3H3,(H,23,26)(H,24,25,27)/t14-,16-/m1/s1. The maximum atomic E-state index is 13.1. The molecule has 0 spiro atoms. The van der Waals surface area contributed by atoms with Gasteiger partial charge in [-0.05, 0) is 48.9 Å². The van der Waals surface area contributed by atoms with Crippen LogP contribution >= 0.6 is 0 Å². The Labute approximate surface area is 158 Å². The molecule has 1 heterocycles. The molecule has 3 rings (SSSR count). The quantitative estimate of drug-likeness (QED) is 0.865. The van der Waals surface area contributed by atoms with Crippen molar-refractivity contribution < 1.29 is 9.18 Å². The van der Waals surface area contributed by atoms with Crippen molar-refractivity contribution in [2.75, 3.05) is 0 Å². The van der Waals surface area contributed by atoms with Crippen LogP contribution in [0, 0.1) is 11.7 Å². The largest absolute Gasteiger partial charge is 0.348 e. The average Bonchev–Trinajstić information content (AvgIpc) is 3.02. The Morgan fingerprint density at radius 2 is 1.96 bits per heavy atom. The Hall–Kier alpha value is -2.50. The predicted molar refractivity (Wildman–Crippen MR) is 102 cm³/mol. The van der Waals surface area contributed by atoms with Crippen LogP contribution in [0.2, 0.25) is 0 Å². The summed E-state index contributed by atoms with van der Waals surface area (Å²) in [7, 11) is 0. The molecule has 1 fully saturated rings. The molecule has 5 nitrogen and oxygen atoms in total. The number of benzene rings is 1. The van der Waals surface area contributed by atoms with Crippen molar-refractivity contribution in [3.8, 4) is 0 Å². The summed E-state index contributed by atoms with van der Waals surface area (Å²) in [6.07, 6.45) is 3.74. The Morgan fingerprint density at radius 1 is 1.26 bits per heavy atom. The van der Waals surface area contributed by atoms with E-state index in [0.29, 0.717) is 11.6 Å². The number of carbonyl (C=O) groups is 1. The summed E-state index contributed by atoms with van der Waals surface area (Å²) in [5.74, 6) is -0.267. The molecule has 27 heavy (non-hydrogen) atoms. The molecular formula is C21H26FN3O2. The van der Waals surface area contributed by atoms with Crippen molar-refractivity contribution in [2.24, 2.45) is 5.92 Å². The van der Waals surface area contributed by atoms with Crippen LogP contribution in [-0.4, -0.2) is 21.9 Å². The molecule has 0 radical (unpaired) electrons. The number of amides is 1. The van der Waals surface area contributed by atoms with Crippen LogP contribution in [0.1, 0.15) is 61.8 Å². The van der Waals surface area contributed by atoms with Gasteiger partial charge in [0.25, 0.3) is 5.91 Å². The molecule has 144 valence electrons. The van der Waals surface area contributed by atoms with Gasteiger partial charge in [0.15, 0.2) is 0 Å². The van der Waals surface area contributed by atoms with E-state index in [-0.39, 0.29) is 28.9 Å². The molecular weight excluding hydrogens is 345 g/mol. The smallest absolute Gasteiger partial charge is 0.345 e. The summed E-state index contributed by atoms with van der Waals surface area (Å²) in [5.41, 5.74) is 1.10. The number of aromatic nitrogens is 2. The van der Waals surface area contributed by atoms with Crippen molar-refractivity contribution in [2.45, 2.75) is 57.9 Å². The molecule has 6 heteroatoms. The summed E-state index contributed by atoms with van der Waals surface area (Å²) in [6.45, 7) is 5.90. The van der Waals surface area contributed by atoms with Crippen LogP contribution < -0.4 is 11.0 Å². The van der Waals surface area contributed by atoms with Crippen LogP contribution in [0.5, 0.6) is 0 Å². The van der Waals surface area contributed by atoms with Gasteiger partial charge in [0.2, 0.25) is 0 Å². The fourth-order valence-corrected chi connectivity index (χ4v) is 3.61. The second kappa shape index (κ2) is 7.62. The summed E-state index contributed by atoms with van der Waals surface area (Å²) < 4.78 is 13.1. The number of halogens is 1. The van der Waals surface area contributed by atoms with Gasteiger partial charge in [0.05, 0.1) is 0 Å². The maximum Gasteiger partial charge on any atom is 0.345 e. The fourth-order valence-electron chi connectivity index (χ4n) is 3.61. The van der Waals surface area contributed by atoms with Gasteiger partial charge in [0.1, 0.15) is 11.5 Å². The Bertz CT molecular complexity index is 868. The van der Waals surface area contributed by atoms with Crippen LogP contribution in [0.25, 0.3) is 0 Å². The third kappa shape index (κ3) is 4.81. The monoisotopic (exact) mass is 371 g/mol. The van der Waals surface area contributed by atoms with Crippen LogP contribution in [0.3, 0.4) is 0 Å². The average molecular weight is 371 g/mol. The van der Waals surface area contributed by atoms with Crippen LogP contribution in [-0.2, 0) is 11.8 Å². The van der Waals surface area contributed by atoms with E-state index in [1.54, 1.807) is 18.2 Å². The topological polar surface area (TPSA) is 74.8 Å². The SMILES string of the molecule is CC(C)(C)c1cc(C(=O)N[C@@H]2CCC[C@@H]2Cc2ccc(F)cc2)nc(=O)[nH]1. The van der Waals surface area contributed by atoms with E-state index in [1.165, 1.54) is 12.1 Å². The Morgan fingerprint density at radius 3 is 2.63 bits per heavy atom. The molecule has 1 aliphatic carbocycles. The number of aromatic amines is 1. The first-order valence-electron chi connectivity index (χ1n) is 9.39. The van der Waals surface area contributed by atoms with E-state index in [9.17, 15) is 14.0 Å². The lowest BCUT2D eigenvalue weighted by Crippen LogP contribution is -2.39. The highest BCUT2D eigenvalue weighted by molar-refractivity contribution is 5.92. The van der Waals surface area contributed by atoms with Crippen molar-refractivity contribution in [3.63, 3.8) is 0 Å². The minimum absolute atomic E-state index is 0.0294. The van der Waals surface area contributed by atoms with E-state index >= 15 is 0 Å². The lowest BCUT2D eigenvalue weighted by molar-refractivity contribution is 0.0922. The summed E-state index contributed by atoms with van der Waals surface area (Å²) >= 11 is 0. The van der Waals surface area contributed by atoms with E-state index in [0.717, 1.165) is 31.2 Å².